The average molecular weight is 332 g/mol. The molecule has 2 aliphatic rings. The van der Waals surface area contributed by atoms with Gasteiger partial charge in [-0.1, -0.05) is 19.3 Å². The third-order valence-electron chi connectivity index (χ3n) is 4.65. The lowest BCUT2D eigenvalue weighted by atomic mass is 9.84. The quantitative estimate of drug-likeness (QED) is 0.866. The van der Waals surface area contributed by atoms with Gasteiger partial charge in [-0.2, -0.15) is 0 Å². The van der Waals surface area contributed by atoms with Gasteiger partial charge in [0.25, 0.3) is 5.91 Å². The molecule has 1 heterocycles. The zero-order valence-corrected chi connectivity index (χ0v) is 14.1. The molecule has 3 rings (SSSR count). The van der Waals surface area contributed by atoms with Crippen LogP contribution in [0.2, 0.25) is 0 Å². The minimum Gasteiger partial charge on any atom is -0.493 e. The topological polar surface area (TPSA) is 82.8 Å². The van der Waals surface area contributed by atoms with Gasteiger partial charge in [0.1, 0.15) is 5.60 Å². The molecule has 1 saturated carbocycles. The van der Waals surface area contributed by atoms with Gasteiger partial charge >= 0.3 is 0 Å². The van der Waals surface area contributed by atoms with Crippen molar-refractivity contribution in [1.82, 2.24) is 5.48 Å². The van der Waals surface area contributed by atoms with Crippen LogP contribution < -0.4 is 20.7 Å². The fraction of sp³-hybridized carbons (Fsp3) is 0.500. The summed E-state index contributed by atoms with van der Waals surface area (Å²) >= 11 is 0. The van der Waals surface area contributed by atoms with Crippen molar-refractivity contribution in [2.24, 2.45) is 5.73 Å². The third kappa shape index (κ3) is 3.33. The van der Waals surface area contributed by atoms with Crippen LogP contribution in [0.5, 0.6) is 11.5 Å². The molecule has 1 aliphatic carbocycles. The van der Waals surface area contributed by atoms with E-state index in [2.05, 4.69) is 11.6 Å². The van der Waals surface area contributed by atoms with Crippen molar-refractivity contribution in [3.05, 3.63) is 29.8 Å². The number of ether oxygens (including phenoxy) is 2. The van der Waals surface area contributed by atoms with Crippen molar-refractivity contribution >= 4 is 11.6 Å². The summed E-state index contributed by atoms with van der Waals surface area (Å²) < 4.78 is 10.9. The number of hydroxylamine groups is 1. The van der Waals surface area contributed by atoms with Crippen molar-refractivity contribution < 1.29 is 19.1 Å². The molecule has 1 aromatic carbocycles. The van der Waals surface area contributed by atoms with Crippen LogP contribution in [-0.4, -0.2) is 24.7 Å². The monoisotopic (exact) mass is 332 g/mol. The molecule has 0 radical (unpaired) electrons. The second-order valence-electron chi connectivity index (χ2n) is 6.42. The predicted octanol–water partition coefficient (Wildman–Crippen LogP) is 2.53. The number of hydrogen-bond donors (Lipinski definition) is 2. The Balaban J connectivity index is 1.86. The van der Waals surface area contributed by atoms with Gasteiger partial charge in [0, 0.05) is 5.56 Å². The number of rotatable bonds is 5. The summed E-state index contributed by atoms with van der Waals surface area (Å²) in [6.07, 6.45) is 7.11. The van der Waals surface area contributed by atoms with Crippen LogP contribution in [0.3, 0.4) is 0 Å². The Bertz CT molecular complexity index is 650. The summed E-state index contributed by atoms with van der Waals surface area (Å²) in [6, 6.07) is 5.58. The molecule has 1 amide bonds. The summed E-state index contributed by atoms with van der Waals surface area (Å²) in [6.45, 7) is 1.61. The van der Waals surface area contributed by atoms with Crippen LogP contribution >= 0.6 is 0 Å². The van der Waals surface area contributed by atoms with E-state index < -0.39 is 12.0 Å². The first-order chi connectivity index (χ1) is 11.5. The van der Waals surface area contributed by atoms with E-state index in [1.54, 1.807) is 14.0 Å². The zero-order valence-electron chi connectivity index (χ0n) is 14.1. The molecule has 130 valence electrons. The molecule has 24 heavy (non-hydrogen) atoms. The SMILES string of the molecule is COc1ccc(C2=CC3(CCCCC3)ON2)cc1OC(C)C(N)=O. The molecule has 1 aliphatic heterocycles. The normalized spacial score (nSPS) is 20.2. The van der Waals surface area contributed by atoms with Crippen molar-refractivity contribution in [3.63, 3.8) is 0 Å². The maximum Gasteiger partial charge on any atom is 0.258 e. The van der Waals surface area contributed by atoms with E-state index in [1.807, 2.05) is 18.2 Å². The van der Waals surface area contributed by atoms with Gasteiger partial charge in [0.15, 0.2) is 17.6 Å². The van der Waals surface area contributed by atoms with E-state index in [9.17, 15) is 4.79 Å². The second kappa shape index (κ2) is 6.73. The Kier molecular flexibility index (Phi) is 4.66. The standard InChI is InChI=1S/C18H24N2O4/c1-12(17(19)21)23-16-10-13(6-7-15(16)22-2)14-11-18(24-20-14)8-4-3-5-9-18/h6-7,10-12,20H,3-5,8-9H2,1-2H3,(H2,19,21). The van der Waals surface area contributed by atoms with Crippen molar-refractivity contribution in [2.45, 2.75) is 50.7 Å². The van der Waals surface area contributed by atoms with Gasteiger partial charge in [-0.05, 0) is 44.0 Å². The lowest BCUT2D eigenvalue weighted by Gasteiger charge is -2.29. The Hall–Kier alpha value is -2.21. The highest BCUT2D eigenvalue weighted by Crippen LogP contribution is 2.39. The van der Waals surface area contributed by atoms with Crippen LogP contribution in [0, 0.1) is 0 Å². The minimum absolute atomic E-state index is 0.199. The molecule has 1 spiro atoms. The molecule has 6 heteroatoms. The van der Waals surface area contributed by atoms with Crippen LogP contribution in [0.4, 0.5) is 0 Å². The Labute approximate surface area is 141 Å². The number of nitrogens with one attached hydrogen (secondary N) is 1. The summed E-state index contributed by atoms with van der Waals surface area (Å²) in [5, 5.41) is 0. The average Bonchev–Trinajstić information content (AvgIpc) is 2.98. The number of primary amides is 1. The molecule has 0 saturated heterocycles. The highest BCUT2D eigenvalue weighted by Gasteiger charge is 2.36. The number of carbonyl (C=O) groups is 1. The summed E-state index contributed by atoms with van der Waals surface area (Å²) in [5.41, 5.74) is 9.96. The Morgan fingerprint density at radius 3 is 2.71 bits per heavy atom. The maximum atomic E-state index is 11.3. The van der Waals surface area contributed by atoms with Crippen LogP contribution in [0.25, 0.3) is 5.70 Å². The van der Waals surface area contributed by atoms with Crippen molar-refractivity contribution in [3.8, 4) is 11.5 Å². The molecule has 1 unspecified atom stereocenters. The third-order valence-corrected chi connectivity index (χ3v) is 4.65. The maximum absolute atomic E-state index is 11.3. The lowest BCUT2D eigenvalue weighted by molar-refractivity contribution is -0.124. The number of carbonyl (C=O) groups excluding carboxylic acids is 1. The number of methoxy groups -OCH3 is 1. The first kappa shape index (κ1) is 16.6. The van der Waals surface area contributed by atoms with Crippen molar-refractivity contribution in [2.75, 3.05) is 7.11 Å². The minimum atomic E-state index is -0.736. The number of amides is 1. The highest BCUT2D eigenvalue weighted by atomic mass is 16.7. The molecule has 1 atom stereocenters. The van der Waals surface area contributed by atoms with Crippen LogP contribution in [0.1, 0.15) is 44.6 Å². The van der Waals surface area contributed by atoms with Crippen LogP contribution in [-0.2, 0) is 9.63 Å². The summed E-state index contributed by atoms with van der Waals surface area (Å²) in [4.78, 5) is 17.1. The van der Waals surface area contributed by atoms with E-state index in [4.69, 9.17) is 20.0 Å². The second-order valence-corrected chi connectivity index (χ2v) is 6.42. The largest absolute Gasteiger partial charge is 0.493 e. The first-order valence-electron chi connectivity index (χ1n) is 8.34. The lowest BCUT2D eigenvalue weighted by Crippen LogP contribution is -2.31. The molecule has 6 nitrogen and oxygen atoms in total. The molecule has 0 aromatic heterocycles. The molecular formula is C18H24N2O4. The molecule has 0 bridgehead atoms. The Morgan fingerprint density at radius 2 is 2.04 bits per heavy atom. The fourth-order valence-corrected chi connectivity index (χ4v) is 3.20. The van der Waals surface area contributed by atoms with Gasteiger partial charge in [0.2, 0.25) is 0 Å². The van der Waals surface area contributed by atoms with Gasteiger partial charge in [0.05, 0.1) is 12.8 Å². The fourth-order valence-electron chi connectivity index (χ4n) is 3.20. The van der Waals surface area contributed by atoms with Gasteiger partial charge in [-0.15, -0.1) is 0 Å². The smallest absolute Gasteiger partial charge is 0.258 e. The van der Waals surface area contributed by atoms with E-state index in [0.717, 1.165) is 24.1 Å². The molecule has 1 aromatic rings. The van der Waals surface area contributed by atoms with Crippen LogP contribution in [0.15, 0.2) is 24.3 Å². The number of benzene rings is 1. The van der Waals surface area contributed by atoms with E-state index in [0.29, 0.717) is 11.5 Å². The molecule has 1 fully saturated rings. The first-order valence-corrected chi connectivity index (χ1v) is 8.34. The molecular weight excluding hydrogens is 308 g/mol. The van der Waals surface area contributed by atoms with Gasteiger partial charge in [-0.25, -0.2) is 0 Å². The van der Waals surface area contributed by atoms with E-state index in [-0.39, 0.29) is 5.60 Å². The highest BCUT2D eigenvalue weighted by molar-refractivity contribution is 5.79. The van der Waals surface area contributed by atoms with Gasteiger partial charge < -0.3 is 15.2 Å². The number of nitrogens with two attached hydrogens (primary N) is 1. The zero-order chi connectivity index (χ0) is 17.2. The number of hydrogen-bond acceptors (Lipinski definition) is 5. The molecule has 3 N–H and O–H groups in total. The Morgan fingerprint density at radius 1 is 1.29 bits per heavy atom. The van der Waals surface area contributed by atoms with Crippen molar-refractivity contribution in [1.29, 1.82) is 0 Å². The van der Waals surface area contributed by atoms with E-state index >= 15 is 0 Å². The summed E-state index contributed by atoms with van der Waals surface area (Å²) in [5.74, 6) is 0.512. The van der Waals surface area contributed by atoms with Gasteiger partial charge in [-0.3, -0.25) is 15.1 Å². The summed E-state index contributed by atoms with van der Waals surface area (Å²) in [7, 11) is 1.56. The van der Waals surface area contributed by atoms with E-state index in [1.165, 1.54) is 19.3 Å². The predicted molar refractivity (Wildman–Crippen MR) is 90.3 cm³/mol.